The van der Waals surface area contributed by atoms with Gasteiger partial charge in [-0.15, -0.1) is 0 Å². The zero-order chi connectivity index (χ0) is 21.0. The van der Waals surface area contributed by atoms with Gasteiger partial charge >= 0.3 is 5.97 Å². The maximum absolute atomic E-state index is 14.6. The minimum absolute atomic E-state index is 0.125. The average Bonchev–Trinajstić information content (AvgIpc) is 3.07. The summed E-state index contributed by atoms with van der Waals surface area (Å²) in [5, 5.41) is 15.2. The van der Waals surface area contributed by atoms with Gasteiger partial charge < -0.3 is 5.11 Å². The molecule has 0 bridgehead atoms. The monoisotopic (exact) mass is 435 g/mol. The van der Waals surface area contributed by atoms with E-state index >= 15 is 0 Å². The highest BCUT2D eigenvalue weighted by Gasteiger charge is 2.19. The third-order valence-corrected chi connectivity index (χ3v) is 5.13. The Bertz CT molecular complexity index is 1070. The molecule has 2 aromatic carbocycles. The Morgan fingerprint density at radius 3 is 2.76 bits per heavy atom. The Hall–Kier alpha value is -2.84. The lowest BCUT2D eigenvalue weighted by Gasteiger charge is -2.14. The predicted molar refractivity (Wildman–Crippen MR) is 111 cm³/mol. The number of hydrogen-bond donors (Lipinski definition) is 1. The molecule has 0 amide bonds. The van der Waals surface area contributed by atoms with E-state index in [-0.39, 0.29) is 16.8 Å². The van der Waals surface area contributed by atoms with Crippen molar-refractivity contribution < 1.29 is 18.7 Å². The molecule has 1 aromatic heterocycles. The molecule has 1 heterocycles. The highest BCUT2D eigenvalue weighted by Crippen LogP contribution is 2.35. The number of halogens is 3. The van der Waals surface area contributed by atoms with Gasteiger partial charge in [-0.25, -0.2) is 19.2 Å². The molecule has 0 unspecified atom stereocenters. The molecule has 5 nitrogen and oxygen atoms in total. The molecule has 0 atom stereocenters. The fourth-order valence-electron chi connectivity index (χ4n) is 2.59. The number of aromatic carboxylic acids is 1. The van der Waals surface area contributed by atoms with Gasteiger partial charge in [0.25, 0.3) is 0 Å². The van der Waals surface area contributed by atoms with Crippen molar-refractivity contribution in [2.24, 2.45) is 5.10 Å². The van der Waals surface area contributed by atoms with Crippen LogP contribution in [-0.4, -0.2) is 28.8 Å². The summed E-state index contributed by atoms with van der Waals surface area (Å²) < 4.78 is 27.9. The van der Waals surface area contributed by atoms with Crippen LogP contribution in [0.3, 0.4) is 0 Å². The van der Waals surface area contributed by atoms with Crippen LogP contribution in [0.4, 0.5) is 13.9 Å². The molecule has 0 aliphatic carbocycles. The van der Waals surface area contributed by atoms with Crippen molar-refractivity contribution in [3.05, 3.63) is 69.6 Å². The quantitative estimate of drug-likeness (QED) is 0.382. The predicted octanol–water partition coefficient (Wildman–Crippen LogP) is 5.69. The fourth-order valence-corrected chi connectivity index (χ4v) is 3.61. The Morgan fingerprint density at radius 2 is 2.07 bits per heavy atom. The van der Waals surface area contributed by atoms with E-state index in [4.69, 9.17) is 11.6 Å². The molecule has 0 spiro atoms. The van der Waals surface area contributed by atoms with Crippen LogP contribution in [0.1, 0.15) is 29.3 Å². The van der Waals surface area contributed by atoms with Crippen LogP contribution in [0.25, 0.3) is 11.3 Å². The summed E-state index contributed by atoms with van der Waals surface area (Å²) in [6.45, 7) is 2.34. The third-order valence-electron chi connectivity index (χ3n) is 3.94. The molecule has 0 aliphatic rings. The van der Waals surface area contributed by atoms with Crippen molar-refractivity contribution in [3.8, 4) is 11.3 Å². The first-order chi connectivity index (χ1) is 13.9. The second kappa shape index (κ2) is 9.11. The molecule has 0 radical (unpaired) electrons. The highest BCUT2D eigenvalue weighted by atomic mass is 35.5. The molecule has 9 heteroatoms. The number of carboxylic acid groups (broad SMARTS) is 1. The first kappa shape index (κ1) is 20.9. The van der Waals surface area contributed by atoms with Gasteiger partial charge in [0, 0.05) is 17.7 Å². The van der Waals surface area contributed by atoms with Gasteiger partial charge in [0.15, 0.2) is 0 Å². The normalized spacial score (nSPS) is 11.2. The van der Waals surface area contributed by atoms with Gasteiger partial charge in [-0.05, 0) is 30.7 Å². The number of hydrazone groups is 1. The van der Waals surface area contributed by atoms with E-state index in [0.29, 0.717) is 28.7 Å². The molecule has 0 saturated carbocycles. The topological polar surface area (TPSA) is 65.8 Å². The summed E-state index contributed by atoms with van der Waals surface area (Å²) >= 11 is 6.96. The van der Waals surface area contributed by atoms with E-state index in [0.717, 1.165) is 23.5 Å². The zero-order valence-electron chi connectivity index (χ0n) is 15.3. The van der Waals surface area contributed by atoms with Crippen LogP contribution < -0.4 is 5.01 Å². The number of anilines is 1. The van der Waals surface area contributed by atoms with E-state index in [1.54, 1.807) is 24.3 Å². The number of thiazole rings is 1. The molecule has 29 heavy (non-hydrogen) atoms. The van der Waals surface area contributed by atoms with Crippen molar-refractivity contribution in [3.63, 3.8) is 0 Å². The van der Waals surface area contributed by atoms with Crippen molar-refractivity contribution in [2.45, 2.75) is 13.3 Å². The minimum Gasteiger partial charge on any atom is -0.478 e. The number of aromatic nitrogens is 1. The summed E-state index contributed by atoms with van der Waals surface area (Å²) in [7, 11) is 0. The van der Waals surface area contributed by atoms with E-state index in [9.17, 15) is 18.7 Å². The van der Waals surface area contributed by atoms with E-state index in [1.165, 1.54) is 17.3 Å². The SMILES string of the molecule is CCCN(/N=C/c1ccc(F)cc1C(=O)O)c1nc(-c2ccccc2Cl)c(F)s1. The maximum Gasteiger partial charge on any atom is 0.336 e. The number of carboxylic acids is 1. The average molecular weight is 436 g/mol. The number of hydrogen-bond acceptors (Lipinski definition) is 5. The summed E-state index contributed by atoms with van der Waals surface area (Å²) in [6.07, 6.45) is 1.99. The molecular formula is C20H16ClF2N3O2S. The van der Waals surface area contributed by atoms with Gasteiger partial charge in [-0.3, -0.25) is 0 Å². The summed E-state index contributed by atoms with van der Waals surface area (Å²) in [5.41, 5.74) is 0.608. The largest absolute Gasteiger partial charge is 0.478 e. The highest BCUT2D eigenvalue weighted by molar-refractivity contribution is 7.14. The Morgan fingerprint density at radius 1 is 1.31 bits per heavy atom. The van der Waals surface area contributed by atoms with Crippen LogP contribution in [0.15, 0.2) is 47.6 Å². The van der Waals surface area contributed by atoms with Gasteiger partial charge in [-0.1, -0.05) is 48.1 Å². The second-order valence-electron chi connectivity index (χ2n) is 6.00. The first-order valence-electron chi connectivity index (χ1n) is 8.66. The zero-order valence-corrected chi connectivity index (χ0v) is 16.8. The van der Waals surface area contributed by atoms with Crippen LogP contribution in [0.5, 0.6) is 0 Å². The van der Waals surface area contributed by atoms with Crippen LogP contribution in [-0.2, 0) is 0 Å². The molecule has 0 saturated heterocycles. The van der Waals surface area contributed by atoms with Crippen LogP contribution in [0.2, 0.25) is 5.02 Å². The molecule has 0 aliphatic heterocycles. The Kier molecular flexibility index (Phi) is 6.56. The lowest BCUT2D eigenvalue weighted by Crippen LogP contribution is -2.17. The lowest BCUT2D eigenvalue weighted by atomic mass is 10.1. The van der Waals surface area contributed by atoms with Gasteiger partial charge in [-0.2, -0.15) is 9.49 Å². The fraction of sp³-hybridized carbons (Fsp3) is 0.150. The Labute approximate surface area is 174 Å². The molecule has 150 valence electrons. The molecule has 0 fully saturated rings. The number of benzene rings is 2. The lowest BCUT2D eigenvalue weighted by molar-refractivity contribution is 0.0696. The van der Waals surface area contributed by atoms with Gasteiger partial charge in [0.05, 0.1) is 16.8 Å². The molecule has 1 N–H and O–H groups in total. The third kappa shape index (κ3) is 4.78. The molecule has 3 aromatic rings. The number of carbonyl (C=O) groups is 1. The van der Waals surface area contributed by atoms with Crippen molar-refractivity contribution in [2.75, 3.05) is 11.6 Å². The number of nitrogens with zero attached hydrogens (tertiary/aromatic N) is 3. The maximum atomic E-state index is 14.6. The standard InChI is InChI=1S/C20H16ClF2N3O2S/c1-2-9-26(24-11-12-7-8-13(22)10-15(12)19(27)28)20-25-17(18(23)29-20)14-5-3-4-6-16(14)21/h3-8,10-11H,2,9H2,1H3,(H,27,28)/b24-11+. The second-order valence-corrected chi connectivity index (χ2v) is 7.34. The number of rotatable bonds is 7. The van der Waals surface area contributed by atoms with Crippen molar-refractivity contribution in [1.29, 1.82) is 0 Å². The van der Waals surface area contributed by atoms with E-state index in [1.807, 2.05) is 6.92 Å². The minimum atomic E-state index is -1.27. The summed E-state index contributed by atoms with van der Waals surface area (Å²) in [5.74, 6) is -1.93. The smallest absolute Gasteiger partial charge is 0.336 e. The first-order valence-corrected chi connectivity index (χ1v) is 9.85. The Balaban J connectivity index is 1.96. The molecule has 3 rings (SSSR count). The molecular weight excluding hydrogens is 420 g/mol. The van der Waals surface area contributed by atoms with Gasteiger partial charge in [0.1, 0.15) is 11.5 Å². The van der Waals surface area contributed by atoms with Crippen molar-refractivity contribution in [1.82, 2.24) is 4.98 Å². The summed E-state index contributed by atoms with van der Waals surface area (Å²) in [4.78, 5) is 15.7. The van der Waals surface area contributed by atoms with Crippen molar-refractivity contribution >= 4 is 40.3 Å². The van der Waals surface area contributed by atoms with Crippen LogP contribution >= 0.6 is 22.9 Å². The van der Waals surface area contributed by atoms with Gasteiger partial charge in [0.2, 0.25) is 10.3 Å². The van der Waals surface area contributed by atoms with E-state index in [2.05, 4.69) is 10.1 Å². The summed E-state index contributed by atoms with van der Waals surface area (Å²) in [6, 6.07) is 10.2. The van der Waals surface area contributed by atoms with E-state index < -0.39 is 16.9 Å². The van der Waals surface area contributed by atoms with Crippen LogP contribution in [0, 0.1) is 10.9 Å².